The Labute approximate surface area is 333 Å². The van der Waals surface area contributed by atoms with Gasteiger partial charge in [-0.1, -0.05) is 24.3 Å². The second kappa shape index (κ2) is 16.0. The van der Waals surface area contributed by atoms with Crippen LogP contribution in [0.4, 0.5) is 11.4 Å². The Hall–Kier alpha value is -5.76. The minimum Gasteiger partial charge on any atom is -0.478 e. The molecule has 4 aliphatic rings. The summed E-state index contributed by atoms with van der Waals surface area (Å²) in [7, 11) is 0. The SMILES string of the molecule is CC1=C(C(=O)c2ccc(N)c(C(=O)O)c2)N2C=CC=CC2C1NCCC(C)(C)OCCC(C)(C)NC1C(C)=C(C(=O)c2ccc(N)c(C(=O)O)c2)N2C=CC=CC12. The molecule has 13 nitrogen and oxygen atoms in total. The lowest BCUT2D eigenvalue weighted by atomic mass is 9.94. The van der Waals surface area contributed by atoms with Gasteiger partial charge in [0, 0.05) is 47.0 Å². The molecule has 0 aromatic heterocycles. The highest BCUT2D eigenvalue weighted by molar-refractivity contribution is 6.12. The van der Waals surface area contributed by atoms with E-state index in [1.807, 2.05) is 60.4 Å². The molecule has 0 amide bonds. The van der Waals surface area contributed by atoms with Crippen molar-refractivity contribution >= 4 is 34.9 Å². The van der Waals surface area contributed by atoms with Crippen molar-refractivity contribution in [3.05, 3.63) is 130 Å². The molecule has 0 fully saturated rings. The Bertz CT molecular complexity index is 2180. The maximum absolute atomic E-state index is 13.9. The third-order valence-electron chi connectivity index (χ3n) is 11.2. The Morgan fingerprint density at radius 3 is 1.68 bits per heavy atom. The van der Waals surface area contributed by atoms with Gasteiger partial charge in [-0.05, 0) is 121 Å². The molecule has 0 radical (unpaired) electrons. The highest BCUT2D eigenvalue weighted by Crippen LogP contribution is 2.37. The number of carbonyl (C=O) groups excluding carboxylic acids is 2. The zero-order valence-electron chi connectivity index (χ0n) is 33.2. The number of aromatic carboxylic acids is 2. The van der Waals surface area contributed by atoms with Crippen LogP contribution in [0, 0.1) is 0 Å². The minimum absolute atomic E-state index is 0.0996. The molecule has 57 heavy (non-hydrogen) atoms. The average molecular weight is 777 g/mol. The van der Waals surface area contributed by atoms with Crippen LogP contribution >= 0.6 is 0 Å². The lowest BCUT2D eigenvalue weighted by Crippen LogP contribution is -2.52. The molecule has 2 aromatic carbocycles. The molecular formula is C44H52N6O7. The van der Waals surface area contributed by atoms with Crippen molar-refractivity contribution in [2.45, 2.75) is 89.7 Å². The Morgan fingerprint density at radius 2 is 1.19 bits per heavy atom. The maximum atomic E-state index is 13.9. The molecule has 13 heteroatoms. The first kappa shape index (κ1) is 40.9. The van der Waals surface area contributed by atoms with Gasteiger partial charge in [0.05, 0.1) is 52.3 Å². The van der Waals surface area contributed by atoms with Crippen LogP contribution in [0.5, 0.6) is 0 Å². The molecule has 0 saturated carbocycles. The van der Waals surface area contributed by atoms with Gasteiger partial charge in [-0.3, -0.25) is 9.59 Å². The van der Waals surface area contributed by atoms with Crippen LogP contribution in [-0.2, 0) is 4.74 Å². The van der Waals surface area contributed by atoms with Crippen molar-refractivity contribution < 1.29 is 34.1 Å². The summed E-state index contributed by atoms with van der Waals surface area (Å²) in [5.74, 6) is -2.92. The zero-order valence-corrected chi connectivity index (χ0v) is 33.2. The molecule has 4 atom stereocenters. The number of nitrogen functional groups attached to an aromatic ring is 2. The molecule has 4 unspecified atom stereocenters. The number of allylic oxidation sites excluding steroid dienone is 6. The van der Waals surface area contributed by atoms with Gasteiger partial charge in [-0.2, -0.15) is 0 Å². The van der Waals surface area contributed by atoms with E-state index in [1.54, 1.807) is 12.1 Å². The molecule has 0 spiro atoms. The first-order chi connectivity index (χ1) is 26.9. The van der Waals surface area contributed by atoms with E-state index in [-0.39, 0.29) is 74.9 Å². The van der Waals surface area contributed by atoms with Crippen LogP contribution in [0.1, 0.15) is 95.8 Å². The fraction of sp³-hybridized carbons (Fsp3) is 0.364. The number of anilines is 2. The van der Waals surface area contributed by atoms with Gasteiger partial charge in [-0.25, -0.2) is 9.59 Å². The largest absolute Gasteiger partial charge is 0.478 e. The second-order valence-electron chi connectivity index (χ2n) is 16.2. The molecule has 6 rings (SSSR count). The zero-order chi connectivity index (χ0) is 41.4. The molecular weight excluding hydrogens is 725 g/mol. The van der Waals surface area contributed by atoms with Crippen LogP contribution in [0.3, 0.4) is 0 Å². The smallest absolute Gasteiger partial charge is 0.337 e. The summed E-state index contributed by atoms with van der Waals surface area (Å²) in [4.78, 5) is 55.1. The second-order valence-corrected chi connectivity index (χ2v) is 16.2. The van der Waals surface area contributed by atoms with Crippen LogP contribution in [0.25, 0.3) is 0 Å². The summed E-state index contributed by atoms with van der Waals surface area (Å²) in [6.45, 7) is 13.3. The van der Waals surface area contributed by atoms with E-state index < -0.39 is 17.5 Å². The Morgan fingerprint density at radius 1 is 0.719 bits per heavy atom. The van der Waals surface area contributed by atoms with Gasteiger partial charge in [-0.15, -0.1) is 0 Å². The molecule has 0 saturated heterocycles. The molecule has 4 heterocycles. The first-order valence-electron chi connectivity index (χ1n) is 19.1. The number of carboxylic acids is 2. The minimum atomic E-state index is -1.19. The van der Waals surface area contributed by atoms with E-state index in [2.05, 4.69) is 50.5 Å². The van der Waals surface area contributed by atoms with E-state index in [1.165, 1.54) is 24.3 Å². The number of benzene rings is 2. The van der Waals surface area contributed by atoms with E-state index in [0.29, 0.717) is 37.4 Å². The maximum Gasteiger partial charge on any atom is 0.337 e. The normalized spacial score (nSPS) is 21.4. The number of nitrogens with zero attached hydrogens (tertiary/aromatic N) is 2. The number of Topliss-reactive ketones (excluding diaryl/α,β-unsaturated/α-hetero) is 2. The predicted molar refractivity (Wildman–Crippen MR) is 220 cm³/mol. The third-order valence-corrected chi connectivity index (χ3v) is 11.2. The summed E-state index contributed by atoms with van der Waals surface area (Å²) in [6, 6.07) is 8.09. The van der Waals surface area contributed by atoms with Crippen molar-refractivity contribution in [3.8, 4) is 0 Å². The van der Waals surface area contributed by atoms with Crippen LogP contribution in [0.15, 0.2) is 108 Å². The first-order valence-corrected chi connectivity index (χ1v) is 19.1. The number of ketones is 2. The molecule has 300 valence electrons. The van der Waals surface area contributed by atoms with Crippen LogP contribution in [-0.4, -0.2) is 92.0 Å². The van der Waals surface area contributed by atoms with E-state index in [9.17, 15) is 29.4 Å². The fourth-order valence-electron chi connectivity index (χ4n) is 8.01. The van der Waals surface area contributed by atoms with Crippen molar-refractivity contribution in [1.82, 2.24) is 20.4 Å². The Balaban J connectivity index is 1.07. The highest BCUT2D eigenvalue weighted by atomic mass is 16.5. The van der Waals surface area contributed by atoms with Crippen molar-refractivity contribution in [3.63, 3.8) is 0 Å². The standard InChI is InChI=1S/C44H52N6O7/c1-25-35(33-11-7-9-20-49(33)37(25)39(51)27-13-15-31(45)29(23-27)41(53)54)47-19-17-44(5,6)57-22-18-43(3,4)48-36-26(2)38(50-21-10-8-12-34(36)50)40(52)28-14-16-32(46)30(24-28)42(55)56/h7-16,20-21,23-24,33-36,47-48H,17-19,22,45-46H2,1-6H3,(H,53,54)(H,55,56). The van der Waals surface area contributed by atoms with Gasteiger partial charge in [0.2, 0.25) is 11.6 Å². The fourth-order valence-corrected chi connectivity index (χ4v) is 8.01. The van der Waals surface area contributed by atoms with E-state index in [4.69, 9.17) is 16.2 Å². The number of fused-ring (bicyclic) bond motifs is 2. The quantitative estimate of drug-likeness (QED) is 0.0902. The lowest BCUT2D eigenvalue weighted by molar-refractivity contribution is -0.0311. The number of ether oxygens (including phenoxy) is 1. The number of hydrogen-bond donors (Lipinski definition) is 6. The summed E-state index contributed by atoms with van der Waals surface area (Å²) >= 11 is 0. The summed E-state index contributed by atoms with van der Waals surface area (Å²) < 4.78 is 6.48. The van der Waals surface area contributed by atoms with Gasteiger partial charge < -0.3 is 46.9 Å². The van der Waals surface area contributed by atoms with Gasteiger partial charge in [0.1, 0.15) is 0 Å². The molecule has 0 bridgehead atoms. The van der Waals surface area contributed by atoms with Crippen LogP contribution in [0.2, 0.25) is 0 Å². The number of hydrogen-bond acceptors (Lipinski definition) is 11. The van der Waals surface area contributed by atoms with Crippen molar-refractivity contribution in [2.75, 3.05) is 24.6 Å². The lowest BCUT2D eigenvalue weighted by Gasteiger charge is -2.36. The third kappa shape index (κ3) is 8.36. The van der Waals surface area contributed by atoms with Crippen molar-refractivity contribution in [2.24, 2.45) is 0 Å². The topological polar surface area (TPSA) is 201 Å². The van der Waals surface area contributed by atoms with E-state index in [0.717, 1.165) is 11.1 Å². The molecule has 8 N–H and O–H groups in total. The summed E-state index contributed by atoms with van der Waals surface area (Å²) in [5, 5.41) is 26.6. The van der Waals surface area contributed by atoms with Crippen LogP contribution < -0.4 is 22.1 Å². The number of rotatable bonds is 16. The predicted octanol–water partition coefficient (Wildman–Crippen LogP) is 5.67. The molecule has 2 aromatic rings. The Kier molecular flexibility index (Phi) is 11.5. The van der Waals surface area contributed by atoms with E-state index >= 15 is 0 Å². The molecule has 4 aliphatic heterocycles. The summed E-state index contributed by atoms with van der Waals surface area (Å²) in [6.07, 6.45) is 16.9. The number of nitrogens with one attached hydrogen (secondary N) is 2. The van der Waals surface area contributed by atoms with Gasteiger partial charge in [0.15, 0.2) is 0 Å². The van der Waals surface area contributed by atoms with Crippen molar-refractivity contribution in [1.29, 1.82) is 0 Å². The highest BCUT2D eigenvalue weighted by Gasteiger charge is 2.43. The average Bonchev–Trinajstić information content (AvgIpc) is 3.59. The number of carboxylic acid groups (broad SMARTS) is 2. The summed E-state index contributed by atoms with van der Waals surface area (Å²) in [5.41, 5.74) is 14.1. The van der Waals surface area contributed by atoms with Gasteiger partial charge in [0.25, 0.3) is 0 Å². The van der Waals surface area contributed by atoms with Gasteiger partial charge >= 0.3 is 11.9 Å². The number of carbonyl (C=O) groups is 4. The molecule has 0 aliphatic carbocycles. The number of nitrogens with two attached hydrogens (primary N) is 2. The monoisotopic (exact) mass is 776 g/mol.